The summed E-state index contributed by atoms with van der Waals surface area (Å²) in [5.74, 6) is -0.778. The summed E-state index contributed by atoms with van der Waals surface area (Å²) in [4.78, 5) is 12.5. The van der Waals surface area contributed by atoms with E-state index in [-0.39, 0.29) is 11.6 Å². The minimum Gasteiger partial charge on any atom is -0.319 e. The molecule has 1 amide bonds. The Labute approximate surface area is 134 Å². The molecule has 114 valence electrons. The molecule has 0 radical (unpaired) electrons. The number of carbonyl (C=O) groups excluding carboxylic acids is 1. The fourth-order valence-corrected chi connectivity index (χ4v) is 2.42. The Bertz CT molecular complexity index is 840. The van der Waals surface area contributed by atoms with Crippen molar-refractivity contribution in [2.45, 2.75) is 6.92 Å². The van der Waals surface area contributed by atoms with Crippen LogP contribution in [0.15, 0.2) is 72.8 Å². The van der Waals surface area contributed by atoms with Crippen molar-refractivity contribution in [3.8, 4) is 11.1 Å². The second-order valence-corrected chi connectivity index (χ2v) is 5.35. The maximum atomic E-state index is 13.7. The van der Waals surface area contributed by atoms with Crippen molar-refractivity contribution in [3.05, 3.63) is 89.7 Å². The Balaban J connectivity index is 1.95. The maximum Gasteiger partial charge on any atom is 0.256 e. The van der Waals surface area contributed by atoms with Gasteiger partial charge in [0.2, 0.25) is 0 Å². The first-order valence-electron chi connectivity index (χ1n) is 7.37. The van der Waals surface area contributed by atoms with Gasteiger partial charge in [0, 0.05) is 5.56 Å². The van der Waals surface area contributed by atoms with Gasteiger partial charge >= 0.3 is 0 Å². The molecule has 0 spiro atoms. The predicted octanol–water partition coefficient (Wildman–Crippen LogP) is 5.05. The van der Waals surface area contributed by atoms with Crippen molar-refractivity contribution in [2.24, 2.45) is 0 Å². The van der Waals surface area contributed by atoms with Gasteiger partial charge in [-0.2, -0.15) is 0 Å². The first-order chi connectivity index (χ1) is 11.1. The highest BCUT2D eigenvalue weighted by Crippen LogP contribution is 2.25. The van der Waals surface area contributed by atoms with E-state index < -0.39 is 5.82 Å². The molecule has 0 atom stereocenters. The quantitative estimate of drug-likeness (QED) is 0.720. The van der Waals surface area contributed by atoms with Crippen LogP contribution >= 0.6 is 0 Å². The maximum absolute atomic E-state index is 13.7. The predicted molar refractivity (Wildman–Crippen MR) is 91.0 cm³/mol. The van der Waals surface area contributed by atoms with Gasteiger partial charge in [0.15, 0.2) is 0 Å². The van der Waals surface area contributed by atoms with Crippen LogP contribution < -0.4 is 5.32 Å². The number of nitrogens with one attached hydrogen (secondary N) is 1. The Morgan fingerprint density at radius 1 is 0.870 bits per heavy atom. The average Bonchev–Trinajstić information content (AvgIpc) is 2.58. The van der Waals surface area contributed by atoms with Gasteiger partial charge in [0.25, 0.3) is 5.91 Å². The van der Waals surface area contributed by atoms with Gasteiger partial charge in [-0.15, -0.1) is 0 Å². The van der Waals surface area contributed by atoms with Gasteiger partial charge in [-0.3, -0.25) is 4.79 Å². The molecule has 0 aliphatic rings. The van der Waals surface area contributed by atoms with E-state index in [1.165, 1.54) is 6.07 Å². The molecule has 3 heteroatoms. The van der Waals surface area contributed by atoms with Crippen LogP contribution in [0.25, 0.3) is 11.1 Å². The number of anilines is 1. The molecule has 1 N–H and O–H groups in total. The number of aryl methyl sites for hydroxylation is 1. The molecule has 0 aliphatic carbocycles. The highest BCUT2D eigenvalue weighted by molar-refractivity contribution is 6.08. The Kier molecular flexibility index (Phi) is 4.20. The minimum absolute atomic E-state index is 0.177. The topological polar surface area (TPSA) is 29.1 Å². The molecule has 0 fully saturated rings. The standard InChI is InChI=1S/C20H16FNO/c1-14-10-12-15(13-11-14)16-6-2-3-7-17(16)20(23)22-19-9-5-4-8-18(19)21/h2-13H,1H3,(H,22,23). The highest BCUT2D eigenvalue weighted by atomic mass is 19.1. The number of halogens is 1. The Morgan fingerprint density at radius 3 is 2.26 bits per heavy atom. The fourth-order valence-electron chi connectivity index (χ4n) is 2.42. The lowest BCUT2D eigenvalue weighted by Gasteiger charge is -2.11. The van der Waals surface area contributed by atoms with Crippen molar-refractivity contribution in [1.29, 1.82) is 0 Å². The van der Waals surface area contributed by atoms with Crippen molar-refractivity contribution in [1.82, 2.24) is 0 Å². The molecule has 2 nitrogen and oxygen atoms in total. The van der Waals surface area contributed by atoms with Gasteiger partial charge in [-0.05, 0) is 36.2 Å². The van der Waals surface area contributed by atoms with Gasteiger partial charge in [0.05, 0.1) is 5.69 Å². The Morgan fingerprint density at radius 2 is 1.52 bits per heavy atom. The smallest absolute Gasteiger partial charge is 0.256 e. The van der Waals surface area contributed by atoms with Crippen LogP contribution in [-0.2, 0) is 0 Å². The summed E-state index contributed by atoms with van der Waals surface area (Å²) in [5, 5.41) is 2.63. The number of hydrogen-bond donors (Lipinski definition) is 1. The normalized spacial score (nSPS) is 10.3. The SMILES string of the molecule is Cc1ccc(-c2ccccc2C(=O)Nc2ccccc2F)cc1. The Hall–Kier alpha value is -2.94. The first kappa shape index (κ1) is 15.0. The van der Waals surface area contributed by atoms with E-state index in [1.807, 2.05) is 43.3 Å². The van der Waals surface area contributed by atoms with E-state index in [0.29, 0.717) is 5.56 Å². The van der Waals surface area contributed by atoms with Crippen molar-refractivity contribution in [3.63, 3.8) is 0 Å². The number of carbonyl (C=O) groups is 1. The van der Waals surface area contributed by atoms with Crippen LogP contribution in [0.1, 0.15) is 15.9 Å². The van der Waals surface area contributed by atoms with Crippen molar-refractivity contribution >= 4 is 11.6 Å². The molecule has 0 aliphatic heterocycles. The van der Waals surface area contributed by atoms with Gasteiger partial charge < -0.3 is 5.32 Å². The molecule has 0 bridgehead atoms. The lowest BCUT2D eigenvalue weighted by molar-refractivity contribution is 0.102. The molecule has 0 unspecified atom stereocenters. The monoisotopic (exact) mass is 305 g/mol. The second-order valence-electron chi connectivity index (χ2n) is 5.35. The largest absolute Gasteiger partial charge is 0.319 e. The molecule has 3 aromatic carbocycles. The lowest BCUT2D eigenvalue weighted by Crippen LogP contribution is -2.14. The summed E-state index contributed by atoms with van der Waals surface area (Å²) in [5.41, 5.74) is 3.62. The van der Waals surface area contributed by atoms with E-state index in [1.54, 1.807) is 30.3 Å². The number of hydrogen-bond acceptors (Lipinski definition) is 1. The third-order valence-corrected chi connectivity index (χ3v) is 3.66. The zero-order valence-corrected chi connectivity index (χ0v) is 12.7. The fraction of sp³-hybridized carbons (Fsp3) is 0.0500. The zero-order valence-electron chi connectivity index (χ0n) is 12.7. The summed E-state index contributed by atoms with van der Waals surface area (Å²) in [6.07, 6.45) is 0. The number of benzene rings is 3. The van der Waals surface area contributed by atoms with Crippen molar-refractivity contribution < 1.29 is 9.18 Å². The number of amides is 1. The van der Waals surface area contributed by atoms with Gasteiger partial charge in [-0.25, -0.2) is 4.39 Å². The summed E-state index contributed by atoms with van der Waals surface area (Å²) in [7, 11) is 0. The summed E-state index contributed by atoms with van der Waals surface area (Å²) in [6, 6.07) is 21.4. The van der Waals surface area contributed by atoms with E-state index >= 15 is 0 Å². The second kappa shape index (κ2) is 6.44. The molecular weight excluding hydrogens is 289 g/mol. The molecule has 0 aromatic heterocycles. The van der Waals surface area contributed by atoms with Crippen LogP contribution in [-0.4, -0.2) is 5.91 Å². The van der Waals surface area contributed by atoms with Gasteiger partial charge in [0.1, 0.15) is 5.82 Å². The van der Waals surface area contributed by atoms with Crippen LogP contribution in [0.2, 0.25) is 0 Å². The summed E-state index contributed by atoms with van der Waals surface area (Å²) < 4.78 is 13.7. The van der Waals surface area contributed by atoms with Crippen LogP contribution in [0.3, 0.4) is 0 Å². The molecule has 23 heavy (non-hydrogen) atoms. The van der Waals surface area contributed by atoms with Crippen LogP contribution in [0.5, 0.6) is 0 Å². The number of para-hydroxylation sites is 1. The molecule has 3 rings (SSSR count). The van der Waals surface area contributed by atoms with Crippen LogP contribution in [0, 0.1) is 12.7 Å². The van der Waals surface area contributed by atoms with E-state index in [0.717, 1.165) is 16.7 Å². The third kappa shape index (κ3) is 3.29. The summed E-state index contributed by atoms with van der Waals surface area (Å²) in [6.45, 7) is 2.01. The molecular formula is C20H16FNO. The number of rotatable bonds is 3. The highest BCUT2D eigenvalue weighted by Gasteiger charge is 2.13. The van der Waals surface area contributed by atoms with E-state index in [4.69, 9.17) is 0 Å². The van der Waals surface area contributed by atoms with Crippen molar-refractivity contribution in [2.75, 3.05) is 5.32 Å². The minimum atomic E-state index is -0.450. The first-order valence-corrected chi connectivity index (χ1v) is 7.37. The molecule has 3 aromatic rings. The molecule has 0 saturated carbocycles. The van der Waals surface area contributed by atoms with Crippen LogP contribution in [0.4, 0.5) is 10.1 Å². The lowest BCUT2D eigenvalue weighted by atomic mass is 9.98. The van der Waals surface area contributed by atoms with E-state index in [2.05, 4.69) is 5.32 Å². The molecule has 0 saturated heterocycles. The van der Waals surface area contributed by atoms with Gasteiger partial charge in [-0.1, -0.05) is 60.2 Å². The molecule has 0 heterocycles. The summed E-state index contributed by atoms with van der Waals surface area (Å²) >= 11 is 0. The average molecular weight is 305 g/mol. The zero-order chi connectivity index (χ0) is 16.2. The third-order valence-electron chi connectivity index (χ3n) is 3.66. The van der Waals surface area contributed by atoms with E-state index in [9.17, 15) is 9.18 Å².